The van der Waals surface area contributed by atoms with Gasteiger partial charge in [0.2, 0.25) is 5.91 Å². The Kier molecular flexibility index (Phi) is 5.50. The molecule has 8 heteroatoms. The van der Waals surface area contributed by atoms with Gasteiger partial charge < -0.3 is 9.47 Å². The molecule has 0 unspecified atom stereocenters. The summed E-state index contributed by atoms with van der Waals surface area (Å²) in [5.74, 6) is 2.91. The summed E-state index contributed by atoms with van der Waals surface area (Å²) in [4.78, 5) is 18.9. The molecular weight excluding hydrogens is 342 g/mol. The maximum absolute atomic E-state index is 12.9. The van der Waals surface area contributed by atoms with Gasteiger partial charge >= 0.3 is 0 Å². The lowest BCUT2D eigenvalue weighted by Crippen LogP contribution is -2.41. The van der Waals surface area contributed by atoms with E-state index in [1.54, 1.807) is 11.0 Å². The van der Waals surface area contributed by atoms with Crippen LogP contribution in [-0.2, 0) is 18.4 Å². The zero-order valence-corrected chi connectivity index (χ0v) is 16.1. The zero-order chi connectivity index (χ0) is 18.6. The van der Waals surface area contributed by atoms with Crippen LogP contribution in [0.5, 0.6) is 0 Å². The van der Waals surface area contributed by atoms with Gasteiger partial charge in [0.15, 0.2) is 5.82 Å². The number of hydrogen-bond acceptors (Lipinski definition) is 5. The van der Waals surface area contributed by atoms with Crippen molar-refractivity contribution in [2.24, 2.45) is 13.0 Å². The Bertz CT molecular complexity index is 738. The Balaban J connectivity index is 1.35. The van der Waals surface area contributed by atoms with Crippen molar-refractivity contribution in [2.45, 2.75) is 63.8 Å². The standard InChI is InChI=1S/C19H29N7O/c1-24-17(12-26-14-20-13-21-26)22-23-18(24)15-8-10-25(11-9-15)19(27)16-6-4-2-3-5-7-16/h13-16H,2-12H2,1H3. The number of likely N-dealkylation sites (tertiary alicyclic amines) is 1. The fraction of sp³-hybridized carbons (Fsp3) is 0.737. The highest BCUT2D eigenvalue weighted by atomic mass is 16.2. The second kappa shape index (κ2) is 8.19. The molecule has 2 aliphatic rings. The molecule has 2 aromatic heterocycles. The second-order valence-electron chi connectivity index (χ2n) is 7.91. The Hall–Kier alpha value is -2.25. The molecule has 1 saturated heterocycles. The van der Waals surface area contributed by atoms with Crippen molar-refractivity contribution < 1.29 is 4.79 Å². The number of nitrogens with zero attached hydrogens (tertiary/aromatic N) is 7. The van der Waals surface area contributed by atoms with Crippen molar-refractivity contribution in [3.8, 4) is 0 Å². The zero-order valence-electron chi connectivity index (χ0n) is 16.1. The van der Waals surface area contributed by atoms with E-state index < -0.39 is 0 Å². The van der Waals surface area contributed by atoms with E-state index in [4.69, 9.17) is 0 Å². The third kappa shape index (κ3) is 4.04. The van der Waals surface area contributed by atoms with Crippen LogP contribution in [0.4, 0.5) is 0 Å². The minimum absolute atomic E-state index is 0.258. The molecular formula is C19H29N7O. The van der Waals surface area contributed by atoms with Gasteiger partial charge in [0.1, 0.15) is 25.0 Å². The van der Waals surface area contributed by atoms with Crippen molar-refractivity contribution in [2.75, 3.05) is 13.1 Å². The molecule has 1 amide bonds. The van der Waals surface area contributed by atoms with Crippen LogP contribution in [0.25, 0.3) is 0 Å². The molecule has 0 aromatic carbocycles. The van der Waals surface area contributed by atoms with Gasteiger partial charge in [0, 0.05) is 32.0 Å². The molecule has 1 aliphatic carbocycles. The number of carbonyl (C=O) groups excluding carboxylic acids is 1. The van der Waals surface area contributed by atoms with E-state index >= 15 is 0 Å². The lowest BCUT2D eigenvalue weighted by molar-refractivity contribution is -0.137. The molecule has 1 saturated carbocycles. The SMILES string of the molecule is Cn1c(Cn2cncn2)nnc1C1CCN(C(=O)C2CCCCCC2)CC1. The lowest BCUT2D eigenvalue weighted by atomic mass is 9.93. The van der Waals surface area contributed by atoms with Gasteiger partial charge in [-0.2, -0.15) is 5.10 Å². The molecule has 0 radical (unpaired) electrons. The summed E-state index contributed by atoms with van der Waals surface area (Å²) in [6, 6.07) is 0. The normalized spacial score (nSPS) is 20.0. The van der Waals surface area contributed by atoms with Gasteiger partial charge in [0.05, 0.1) is 0 Å². The van der Waals surface area contributed by atoms with E-state index in [1.807, 2.05) is 7.05 Å². The quantitative estimate of drug-likeness (QED) is 0.769. The summed E-state index contributed by atoms with van der Waals surface area (Å²) in [6.07, 6.45) is 12.3. The van der Waals surface area contributed by atoms with Gasteiger partial charge in [-0.05, 0) is 25.7 Å². The van der Waals surface area contributed by atoms with Crippen LogP contribution in [-0.4, -0.2) is 53.4 Å². The molecule has 1 aliphatic heterocycles. The number of amides is 1. The predicted octanol–water partition coefficient (Wildman–Crippen LogP) is 2.13. The number of piperidine rings is 1. The van der Waals surface area contributed by atoms with Crippen LogP contribution in [0.2, 0.25) is 0 Å². The summed E-state index contributed by atoms with van der Waals surface area (Å²) in [5, 5.41) is 12.9. The highest BCUT2D eigenvalue weighted by Crippen LogP contribution is 2.30. The van der Waals surface area contributed by atoms with E-state index in [0.717, 1.165) is 50.4 Å². The molecule has 146 valence electrons. The first kappa shape index (κ1) is 18.1. The summed E-state index contributed by atoms with van der Waals surface area (Å²) in [5.41, 5.74) is 0. The Morgan fingerprint density at radius 2 is 1.81 bits per heavy atom. The van der Waals surface area contributed by atoms with Crippen LogP contribution >= 0.6 is 0 Å². The van der Waals surface area contributed by atoms with Gasteiger partial charge in [-0.1, -0.05) is 25.7 Å². The molecule has 0 spiro atoms. The van der Waals surface area contributed by atoms with Gasteiger partial charge in [-0.25, -0.2) is 9.67 Å². The van der Waals surface area contributed by atoms with Crippen LogP contribution < -0.4 is 0 Å². The number of carbonyl (C=O) groups is 1. The van der Waals surface area contributed by atoms with Crippen molar-refractivity contribution in [1.82, 2.24) is 34.4 Å². The van der Waals surface area contributed by atoms with Gasteiger partial charge in [0.25, 0.3) is 0 Å². The summed E-state index contributed by atoms with van der Waals surface area (Å²) in [7, 11) is 2.02. The monoisotopic (exact) mass is 371 g/mol. The van der Waals surface area contributed by atoms with E-state index in [1.165, 1.54) is 32.0 Å². The van der Waals surface area contributed by atoms with Crippen LogP contribution in [0, 0.1) is 5.92 Å². The Labute approximate surface area is 160 Å². The van der Waals surface area contributed by atoms with Gasteiger partial charge in [-0.3, -0.25) is 4.79 Å². The molecule has 3 heterocycles. The first-order chi connectivity index (χ1) is 13.2. The summed E-state index contributed by atoms with van der Waals surface area (Å²) < 4.78 is 3.83. The van der Waals surface area contributed by atoms with E-state index in [2.05, 4.69) is 29.7 Å². The summed E-state index contributed by atoms with van der Waals surface area (Å²) in [6.45, 7) is 2.25. The third-order valence-corrected chi connectivity index (χ3v) is 6.14. The summed E-state index contributed by atoms with van der Waals surface area (Å²) >= 11 is 0. The first-order valence-corrected chi connectivity index (χ1v) is 10.2. The van der Waals surface area contributed by atoms with Crippen LogP contribution in [0.1, 0.15) is 68.9 Å². The minimum atomic E-state index is 0.258. The molecule has 4 rings (SSSR count). The molecule has 0 bridgehead atoms. The first-order valence-electron chi connectivity index (χ1n) is 10.2. The maximum Gasteiger partial charge on any atom is 0.225 e. The highest BCUT2D eigenvalue weighted by Gasteiger charge is 2.30. The van der Waals surface area contributed by atoms with Crippen molar-refractivity contribution in [3.63, 3.8) is 0 Å². The average Bonchev–Trinajstić information content (AvgIpc) is 3.24. The molecule has 2 aromatic rings. The molecule has 0 atom stereocenters. The topological polar surface area (TPSA) is 81.7 Å². The smallest absolute Gasteiger partial charge is 0.225 e. The Morgan fingerprint density at radius 3 is 2.48 bits per heavy atom. The number of hydrogen-bond donors (Lipinski definition) is 0. The number of aromatic nitrogens is 6. The highest BCUT2D eigenvalue weighted by molar-refractivity contribution is 5.79. The molecule has 27 heavy (non-hydrogen) atoms. The van der Waals surface area contributed by atoms with Crippen LogP contribution in [0.3, 0.4) is 0 Å². The third-order valence-electron chi connectivity index (χ3n) is 6.14. The largest absolute Gasteiger partial charge is 0.342 e. The minimum Gasteiger partial charge on any atom is -0.342 e. The fourth-order valence-electron chi connectivity index (χ4n) is 4.47. The predicted molar refractivity (Wildman–Crippen MR) is 99.9 cm³/mol. The van der Waals surface area contributed by atoms with E-state index in [0.29, 0.717) is 18.4 Å². The Morgan fingerprint density at radius 1 is 1.07 bits per heavy atom. The lowest BCUT2D eigenvalue weighted by Gasteiger charge is -2.33. The van der Waals surface area contributed by atoms with E-state index in [9.17, 15) is 4.79 Å². The number of rotatable bonds is 4. The fourth-order valence-corrected chi connectivity index (χ4v) is 4.47. The van der Waals surface area contributed by atoms with Crippen LogP contribution in [0.15, 0.2) is 12.7 Å². The maximum atomic E-state index is 12.9. The van der Waals surface area contributed by atoms with Crippen molar-refractivity contribution in [1.29, 1.82) is 0 Å². The van der Waals surface area contributed by atoms with Gasteiger partial charge in [-0.15, -0.1) is 10.2 Å². The molecule has 8 nitrogen and oxygen atoms in total. The molecule has 0 N–H and O–H groups in total. The second-order valence-corrected chi connectivity index (χ2v) is 7.91. The van der Waals surface area contributed by atoms with Crippen molar-refractivity contribution in [3.05, 3.63) is 24.3 Å². The van der Waals surface area contributed by atoms with E-state index in [-0.39, 0.29) is 5.92 Å². The molecule has 2 fully saturated rings. The average molecular weight is 371 g/mol. The van der Waals surface area contributed by atoms with Crippen molar-refractivity contribution >= 4 is 5.91 Å².